The first-order valence-corrected chi connectivity index (χ1v) is 13.9. The molecule has 0 aliphatic carbocycles. The highest BCUT2D eigenvalue weighted by molar-refractivity contribution is 6.22. The highest BCUT2D eigenvalue weighted by Gasteiger charge is 2.17. The van der Waals surface area contributed by atoms with Crippen LogP contribution in [0.4, 0.5) is 0 Å². The van der Waals surface area contributed by atoms with E-state index in [0.29, 0.717) is 27.1 Å². The Morgan fingerprint density at radius 3 is 1.70 bits per heavy atom. The summed E-state index contributed by atoms with van der Waals surface area (Å²) in [6, 6.07) is 24.7. The minimum absolute atomic E-state index is 0.0655. The second kappa shape index (κ2) is 9.44. The predicted molar refractivity (Wildman–Crippen MR) is 183 cm³/mol. The van der Waals surface area contributed by atoms with Crippen LogP contribution in [0.25, 0.3) is 87.6 Å². The van der Waals surface area contributed by atoms with Crippen LogP contribution in [0, 0.1) is 0 Å². The fourth-order valence-electron chi connectivity index (χ4n) is 6.08. The number of benzene rings is 8. The van der Waals surface area contributed by atoms with Gasteiger partial charge in [0.2, 0.25) is 0 Å². The molecule has 0 atom stereocenters. The lowest BCUT2D eigenvalue weighted by molar-refractivity contribution is 0.669. The van der Waals surface area contributed by atoms with Crippen LogP contribution in [0.3, 0.4) is 0 Å². The van der Waals surface area contributed by atoms with Gasteiger partial charge < -0.3 is 4.42 Å². The van der Waals surface area contributed by atoms with Crippen molar-refractivity contribution in [3.05, 3.63) is 157 Å². The average Bonchev–Trinajstić information content (AvgIpc) is 3.58. The molecule has 1 aromatic heterocycles. The van der Waals surface area contributed by atoms with Crippen LogP contribution >= 0.6 is 0 Å². The predicted octanol–water partition coefficient (Wildman–Crippen LogP) is 12.0. The monoisotopic (exact) mass is 557 g/mol. The molecule has 0 aliphatic rings. The van der Waals surface area contributed by atoms with Crippen molar-refractivity contribution >= 4 is 54.3 Å². The first-order valence-electron chi connectivity index (χ1n) is 19.4. The van der Waals surface area contributed by atoms with Crippen molar-refractivity contribution < 1.29 is 19.5 Å². The van der Waals surface area contributed by atoms with E-state index in [-0.39, 0.29) is 63.3 Å². The fraction of sp³-hybridized carbons (Fsp3) is 0. The summed E-state index contributed by atoms with van der Waals surface area (Å²) < 4.78 is 102. The molecule has 0 aliphatic heterocycles. The van der Waals surface area contributed by atoms with Crippen LogP contribution in [0.1, 0.15) is 15.1 Å². The molecule has 0 fully saturated rings. The number of fused-ring (bicyclic) bond motifs is 6. The number of rotatable bonds is 3. The lowest BCUT2D eigenvalue weighted by Crippen LogP contribution is -1.91. The number of hydrogen-bond acceptors (Lipinski definition) is 1. The summed E-state index contributed by atoms with van der Waals surface area (Å²) in [5.74, 6) is 0. The second-order valence-corrected chi connectivity index (χ2v) is 10.5. The molecule has 1 nitrogen and oxygen atoms in total. The van der Waals surface area contributed by atoms with E-state index in [2.05, 4.69) is 30.3 Å². The van der Waals surface area contributed by atoms with Crippen LogP contribution in [0.2, 0.25) is 0 Å². The molecular weight excluding hydrogens is 520 g/mol. The Bertz CT molecular complexity index is 3040. The van der Waals surface area contributed by atoms with Crippen molar-refractivity contribution in [2.45, 2.75) is 0 Å². The first-order chi connectivity index (χ1) is 25.8. The van der Waals surface area contributed by atoms with Crippen molar-refractivity contribution in [3.63, 3.8) is 0 Å². The SMILES string of the molecule is [2H]c1cc2c(-c3ccc(-c4ccc5ccccc5c4)cc3)c3cc([2H])c([2H])cc3c(-c3c([2H])c([2H])c4c(oc5c([2H])c([2H])c([2H])c([2H])c54)c3[2H])c2cc1[2H]. The van der Waals surface area contributed by atoms with E-state index in [1.165, 1.54) is 12.1 Å². The zero-order valence-corrected chi connectivity index (χ0v) is 22.6. The third-order valence-electron chi connectivity index (χ3n) is 8.08. The summed E-state index contributed by atoms with van der Waals surface area (Å²) in [5, 5.41) is 3.84. The van der Waals surface area contributed by atoms with Gasteiger partial charge in [0, 0.05) is 10.8 Å². The summed E-state index contributed by atoms with van der Waals surface area (Å²) in [4.78, 5) is 0. The van der Waals surface area contributed by atoms with Crippen LogP contribution in [0.15, 0.2) is 162 Å². The van der Waals surface area contributed by atoms with Gasteiger partial charge in [-0.3, -0.25) is 0 Å². The Labute approximate surface area is 264 Å². The van der Waals surface area contributed by atoms with Gasteiger partial charge >= 0.3 is 0 Å². The molecule has 0 saturated heterocycles. The number of furan rings is 1. The van der Waals surface area contributed by atoms with Gasteiger partial charge in [-0.1, -0.05) is 133 Å². The minimum Gasteiger partial charge on any atom is -0.456 e. The average molecular weight is 558 g/mol. The highest BCUT2D eigenvalue weighted by atomic mass is 16.3. The van der Waals surface area contributed by atoms with Crippen molar-refractivity contribution in [1.82, 2.24) is 0 Å². The fourth-order valence-corrected chi connectivity index (χ4v) is 6.08. The van der Waals surface area contributed by atoms with E-state index in [9.17, 15) is 2.74 Å². The molecule has 0 spiro atoms. The van der Waals surface area contributed by atoms with Crippen molar-refractivity contribution in [3.8, 4) is 33.4 Å². The molecule has 0 amide bonds. The Kier molecular flexibility index (Phi) is 3.41. The van der Waals surface area contributed by atoms with Crippen molar-refractivity contribution in [2.24, 2.45) is 0 Å². The van der Waals surface area contributed by atoms with E-state index < -0.39 is 36.3 Å². The summed E-state index contributed by atoms with van der Waals surface area (Å²) in [6.45, 7) is 0. The van der Waals surface area contributed by atoms with Crippen LogP contribution in [0.5, 0.6) is 0 Å². The van der Waals surface area contributed by atoms with Gasteiger partial charge in [-0.25, -0.2) is 0 Å². The Morgan fingerprint density at radius 1 is 0.395 bits per heavy atom. The van der Waals surface area contributed by atoms with E-state index in [0.717, 1.165) is 27.5 Å². The molecule has 0 unspecified atom stereocenters. The molecule has 200 valence electrons. The van der Waals surface area contributed by atoms with Crippen LogP contribution in [-0.2, 0) is 0 Å². The highest BCUT2D eigenvalue weighted by Crippen LogP contribution is 2.45. The number of para-hydroxylation sites is 1. The second-order valence-electron chi connectivity index (χ2n) is 10.5. The molecule has 9 aromatic rings. The molecule has 43 heavy (non-hydrogen) atoms. The topological polar surface area (TPSA) is 13.1 Å². The number of hydrogen-bond donors (Lipinski definition) is 0. The van der Waals surface area contributed by atoms with Gasteiger partial charge in [-0.2, -0.15) is 0 Å². The van der Waals surface area contributed by atoms with Gasteiger partial charge in [-0.15, -0.1) is 0 Å². The molecule has 0 N–H and O–H groups in total. The van der Waals surface area contributed by atoms with Crippen molar-refractivity contribution in [1.29, 1.82) is 0 Å². The zero-order chi connectivity index (χ0) is 37.9. The quantitative estimate of drug-likeness (QED) is 0.197. The Balaban J connectivity index is 1.37. The Hall–Kier alpha value is -5.66. The summed E-state index contributed by atoms with van der Waals surface area (Å²) in [6.07, 6.45) is 0. The Morgan fingerprint density at radius 2 is 0.977 bits per heavy atom. The third kappa shape index (κ3) is 3.79. The van der Waals surface area contributed by atoms with Gasteiger partial charge in [0.05, 0.1) is 15.1 Å². The molecule has 0 saturated carbocycles. The smallest absolute Gasteiger partial charge is 0.136 e. The largest absolute Gasteiger partial charge is 0.456 e. The van der Waals surface area contributed by atoms with Gasteiger partial charge in [0.15, 0.2) is 0 Å². The van der Waals surface area contributed by atoms with Crippen molar-refractivity contribution in [2.75, 3.05) is 0 Å². The third-order valence-corrected chi connectivity index (χ3v) is 8.08. The summed E-state index contributed by atoms with van der Waals surface area (Å²) in [7, 11) is 0. The van der Waals surface area contributed by atoms with Gasteiger partial charge in [-0.05, 0) is 89.9 Å². The van der Waals surface area contributed by atoms with Crippen LogP contribution in [-0.4, -0.2) is 0 Å². The first kappa shape index (κ1) is 15.5. The maximum atomic E-state index is 9.43. The molecular formula is C42H26O. The summed E-state index contributed by atoms with van der Waals surface area (Å²) in [5.41, 5.74) is 3.11. The molecule has 0 bridgehead atoms. The normalized spacial score (nSPS) is 15.3. The lowest BCUT2D eigenvalue weighted by Gasteiger charge is -2.18. The van der Waals surface area contributed by atoms with Gasteiger partial charge in [0.1, 0.15) is 11.2 Å². The zero-order valence-electron chi connectivity index (χ0n) is 33.6. The van der Waals surface area contributed by atoms with E-state index >= 15 is 0 Å². The maximum Gasteiger partial charge on any atom is 0.136 e. The van der Waals surface area contributed by atoms with Gasteiger partial charge in [0.25, 0.3) is 0 Å². The van der Waals surface area contributed by atoms with E-state index in [4.69, 9.17) is 16.8 Å². The van der Waals surface area contributed by atoms with E-state index in [1.807, 2.05) is 36.4 Å². The molecule has 0 radical (unpaired) electrons. The summed E-state index contributed by atoms with van der Waals surface area (Å²) >= 11 is 0. The lowest BCUT2D eigenvalue weighted by atomic mass is 9.85. The molecule has 1 heterocycles. The standard InChI is InChI=1S/C42H26O/c1-2-10-30-25-31(22-19-27(30)9-1)28-17-20-29(21-18-28)41-35-12-3-5-14-37(35)42(38-15-6-4-13-36(38)41)32-23-24-34-33-11-7-8-16-39(33)43-40(34)26-32/h1-26H/i3D,4D,5D,6D,7D,8D,11D,16D,23D,24D,26D. The minimum atomic E-state index is -0.530. The maximum absolute atomic E-state index is 9.43. The van der Waals surface area contributed by atoms with E-state index in [1.54, 1.807) is 12.1 Å². The molecule has 8 aromatic carbocycles. The molecule has 9 rings (SSSR count). The molecule has 1 heteroatoms. The van der Waals surface area contributed by atoms with Crippen LogP contribution < -0.4 is 0 Å².